The SMILES string of the molecule is CCC(N)CCCc1ccnc2ccccc12. The van der Waals surface area contributed by atoms with E-state index in [-0.39, 0.29) is 0 Å². The standard InChI is InChI=1S/C15H20N2/c1-2-13(16)7-5-6-12-10-11-17-15-9-4-3-8-14(12)15/h3-4,8-11,13H,2,5-7,16H2,1H3. The first-order valence-corrected chi connectivity index (χ1v) is 6.39. The summed E-state index contributed by atoms with van der Waals surface area (Å²) in [6, 6.07) is 10.8. The zero-order valence-corrected chi connectivity index (χ0v) is 10.4. The van der Waals surface area contributed by atoms with E-state index in [9.17, 15) is 0 Å². The van der Waals surface area contributed by atoms with E-state index in [2.05, 4.69) is 36.2 Å². The Morgan fingerprint density at radius 2 is 2.06 bits per heavy atom. The Bertz CT molecular complexity index is 474. The lowest BCUT2D eigenvalue weighted by molar-refractivity contribution is 0.569. The quantitative estimate of drug-likeness (QED) is 0.852. The van der Waals surface area contributed by atoms with E-state index in [1.165, 1.54) is 10.9 Å². The number of hydrogen-bond donors (Lipinski definition) is 1. The third-order valence-corrected chi connectivity index (χ3v) is 3.28. The summed E-state index contributed by atoms with van der Waals surface area (Å²) in [4.78, 5) is 4.38. The Morgan fingerprint density at radius 1 is 1.24 bits per heavy atom. The third kappa shape index (κ3) is 3.04. The van der Waals surface area contributed by atoms with E-state index < -0.39 is 0 Å². The van der Waals surface area contributed by atoms with Crippen molar-refractivity contribution in [1.82, 2.24) is 4.98 Å². The molecule has 1 aromatic heterocycles. The van der Waals surface area contributed by atoms with Crippen LogP contribution in [0.25, 0.3) is 10.9 Å². The highest BCUT2D eigenvalue weighted by atomic mass is 14.6. The number of nitrogens with two attached hydrogens (primary N) is 1. The van der Waals surface area contributed by atoms with E-state index in [1.807, 2.05) is 12.3 Å². The monoisotopic (exact) mass is 228 g/mol. The fourth-order valence-corrected chi connectivity index (χ4v) is 2.13. The van der Waals surface area contributed by atoms with Gasteiger partial charge in [0.05, 0.1) is 5.52 Å². The summed E-state index contributed by atoms with van der Waals surface area (Å²) in [7, 11) is 0. The third-order valence-electron chi connectivity index (χ3n) is 3.28. The summed E-state index contributed by atoms with van der Waals surface area (Å²) in [6.07, 6.45) is 6.32. The predicted octanol–water partition coefficient (Wildman–Crippen LogP) is 3.29. The Balaban J connectivity index is 2.08. The summed E-state index contributed by atoms with van der Waals surface area (Å²) >= 11 is 0. The summed E-state index contributed by atoms with van der Waals surface area (Å²) in [6.45, 7) is 2.15. The van der Waals surface area contributed by atoms with Crippen LogP contribution in [-0.2, 0) is 6.42 Å². The molecule has 2 nitrogen and oxygen atoms in total. The first-order valence-electron chi connectivity index (χ1n) is 6.39. The highest BCUT2D eigenvalue weighted by Gasteiger charge is 2.03. The summed E-state index contributed by atoms with van der Waals surface area (Å²) in [5, 5.41) is 1.28. The van der Waals surface area contributed by atoms with Crippen LogP contribution >= 0.6 is 0 Å². The van der Waals surface area contributed by atoms with Crippen molar-refractivity contribution < 1.29 is 0 Å². The minimum absolute atomic E-state index is 0.350. The Morgan fingerprint density at radius 3 is 2.88 bits per heavy atom. The molecule has 0 spiro atoms. The van der Waals surface area contributed by atoms with Gasteiger partial charge in [0.1, 0.15) is 0 Å². The van der Waals surface area contributed by atoms with Gasteiger partial charge >= 0.3 is 0 Å². The smallest absolute Gasteiger partial charge is 0.0704 e. The molecular weight excluding hydrogens is 208 g/mol. The second-order valence-electron chi connectivity index (χ2n) is 4.55. The van der Waals surface area contributed by atoms with Crippen molar-refractivity contribution in [2.45, 2.75) is 38.6 Å². The molecule has 1 atom stereocenters. The van der Waals surface area contributed by atoms with Crippen LogP contribution in [0.15, 0.2) is 36.5 Å². The van der Waals surface area contributed by atoms with E-state index in [0.717, 1.165) is 31.2 Å². The average molecular weight is 228 g/mol. The van der Waals surface area contributed by atoms with Gasteiger partial charge in [-0.2, -0.15) is 0 Å². The largest absolute Gasteiger partial charge is 0.328 e. The lowest BCUT2D eigenvalue weighted by Crippen LogP contribution is -2.18. The van der Waals surface area contributed by atoms with E-state index in [4.69, 9.17) is 5.73 Å². The van der Waals surface area contributed by atoms with Crippen LogP contribution in [0.4, 0.5) is 0 Å². The molecule has 90 valence electrons. The molecule has 2 heteroatoms. The molecule has 0 saturated heterocycles. The molecule has 2 rings (SSSR count). The van der Waals surface area contributed by atoms with Crippen molar-refractivity contribution in [2.24, 2.45) is 5.73 Å². The van der Waals surface area contributed by atoms with Crippen LogP contribution in [0.1, 0.15) is 31.7 Å². The number of aromatic nitrogens is 1. The maximum absolute atomic E-state index is 5.94. The number of aryl methyl sites for hydroxylation is 1. The van der Waals surface area contributed by atoms with Crippen LogP contribution in [0.3, 0.4) is 0 Å². The number of nitrogens with zero attached hydrogens (tertiary/aromatic N) is 1. The molecule has 0 aliphatic carbocycles. The van der Waals surface area contributed by atoms with Gasteiger partial charge in [-0.25, -0.2) is 0 Å². The second-order valence-corrected chi connectivity index (χ2v) is 4.55. The van der Waals surface area contributed by atoms with Crippen molar-refractivity contribution in [3.63, 3.8) is 0 Å². The van der Waals surface area contributed by atoms with Gasteiger partial charge in [0.25, 0.3) is 0 Å². The van der Waals surface area contributed by atoms with Crippen LogP contribution in [-0.4, -0.2) is 11.0 Å². The minimum atomic E-state index is 0.350. The molecule has 0 amide bonds. The highest BCUT2D eigenvalue weighted by molar-refractivity contribution is 5.81. The van der Waals surface area contributed by atoms with Gasteiger partial charge in [-0.3, -0.25) is 4.98 Å². The molecule has 2 aromatic rings. The van der Waals surface area contributed by atoms with Crippen LogP contribution < -0.4 is 5.73 Å². The first kappa shape index (κ1) is 12.1. The molecule has 0 aliphatic heterocycles. The fraction of sp³-hybridized carbons (Fsp3) is 0.400. The van der Waals surface area contributed by atoms with E-state index >= 15 is 0 Å². The molecule has 1 aromatic carbocycles. The van der Waals surface area contributed by atoms with Gasteiger partial charge in [0, 0.05) is 17.6 Å². The number of hydrogen-bond acceptors (Lipinski definition) is 2. The van der Waals surface area contributed by atoms with Gasteiger partial charge < -0.3 is 5.73 Å². The molecule has 2 N–H and O–H groups in total. The topological polar surface area (TPSA) is 38.9 Å². The van der Waals surface area contributed by atoms with Crippen molar-refractivity contribution in [2.75, 3.05) is 0 Å². The van der Waals surface area contributed by atoms with Crippen LogP contribution in [0, 0.1) is 0 Å². The summed E-state index contributed by atoms with van der Waals surface area (Å²) < 4.78 is 0. The number of pyridine rings is 1. The Kier molecular flexibility index (Phi) is 4.10. The summed E-state index contributed by atoms with van der Waals surface area (Å²) in [5.74, 6) is 0. The van der Waals surface area contributed by atoms with Gasteiger partial charge in [-0.05, 0) is 43.4 Å². The highest BCUT2D eigenvalue weighted by Crippen LogP contribution is 2.18. The molecule has 1 heterocycles. The van der Waals surface area contributed by atoms with Crippen molar-refractivity contribution >= 4 is 10.9 Å². The number of rotatable bonds is 5. The molecular formula is C15H20N2. The normalized spacial score (nSPS) is 12.8. The molecule has 0 aliphatic rings. The van der Waals surface area contributed by atoms with Crippen molar-refractivity contribution in [3.05, 3.63) is 42.1 Å². The van der Waals surface area contributed by atoms with Crippen LogP contribution in [0.2, 0.25) is 0 Å². The molecule has 0 bridgehead atoms. The second kappa shape index (κ2) is 5.78. The van der Waals surface area contributed by atoms with E-state index in [1.54, 1.807) is 0 Å². The molecule has 0 saturated carbocycles. The molecule has 17 heavy (non-hydrogen) atoms. The number of para-hydroxylation sites is 1. The maximum Gasteiger partial charge on any atom is 0.0704 e. The van der Waals surface area contributed by atoms with Gasteiger partial charge in [-0.1, -0.05) is 25.1 Å². The minimum Gasteiger partial charge on any atom is -0.328 e. The number of benzene rings is 1. The van der Waals surface area contributed by atoms with Crippen molar-refractivity contribution in [3.8, 4) is 0 Å². The van der Waals surface area contributed by atoms with Crippen LogP contribution in [0.5, 0.6) is 0 Å². The zero-order valence-electron chi connectivity index (χ0n) is 10.4. The van der Waals surface area contributed by atoms with Gasteiger partial charge in [0.2, 0.25) is 0 Å². The lowest BCUT2D eigenvalue weighted by Gasteiger charge is -2.09. The van der Waals surface area contributed by atoms with Gasteiger partial charge in [-0.15, -0.1) is 0 Å². The molecule has 0 fully saturated rings. The maximum atomic E-state index is 5.94. The first-order chi connectivity index (χ1) is 8.31. The zero-order chi connectivity index (χ0) is 12.1. The van der Waals surface area contributed by atoms with E-state index in [0.29, 0.717) is 6.04 Å². The molecule has 1 unspecified atom stereocenters. The Labute approximate surface area is 103 Å². The average Bonchev–Trinajstić information content (AvgIpc) is 2.39. The number of fused-ring (bicyclic) bond motifs is 1. The predicted molar refractivity (Wildman–Crippen MR) is 72.9 cm³/mol. The van der Waals surface area contributed by atoms with Gasteiger partial charge in [0.15, 0.2) is 0 Å². The summed E-state index contributed by atoms with van der Waals surface area (Å²) in [5.41, 5.74) is 8.41. The van der Waals surface area contributed by atoms with Crippen molar-refractivity contribution in [1.29, 1.82) is 0 Å². The Hall–Kier alpha value is -1.41. The molecule has 0 radical (unpaired) electrons. The lowest BCUT2D eigenvalue weighted by atomic mass is 10.0. The fourth-order valence-electron chi connectivity index (χ4n) is 2.13.